The van der Waals surface area contributed by atoms with Crippen molar-refractivity contribution < 1.29 is 25.8 Å². The summed E-state index contributed by atoms with van der Waals surface area (Å²) in [7, 11) is 0. The number of benzene rings is 11. The van der Waals surface area contributed by atoms with E-state index in [0.29, 0.717) is 11.5 Å². The van der Waals surface area contributed by atoms with Gasteiger partial charge < -0.3 is 23.7 Å². The van der Waals surface area contributed by atoms with Gasteiger partial charge in [-0.2, -0.15) is 6.07 Å². The van der Waals surface area contributed by atoms with Gasteiger partial charge in [0.05, 0.1) is 11.0 Å². The molecule has 0 bridgehead atoms. The molecule has 3 aromatic heterocycles. The molecule has 14 aromatic rings. The Morgan fingerprint density at radius 2 is 1.08 bits per heavy atom. The smallest absolute Gasteiger partial charge is 0.135 e. The summed E-state index contributed by atoms with van der Waals surface area (Å²) in [5.41, 5.74) is 23.6. The van der Waals surface area contributed by atoms with Crippen LogP contribution in [0, 0.1) is 25.7 Å². The fourth-order valence-corrected chi connectivity index (χ4v) is 13.5. The van der Waals surface area contributed by atoms with Crippen molar-refractivity contribution >= 4 is 55.6 Å². The van der Waals surface area contributed by atoms with Gasteiger partial charge in [-0.05, 0) is 110 Å². The summed E-state index contributed by atoms with van der Waals surface area (Å²) >= 11 is 0. The number of para-hydroxylation sites is 2. The summed E-state index contributed by atoms with van der Waals surface area (Å²) in [6.45, 7) is 12.1. The van der Waals surface area contributed by atoms with E-state index in [1.807, 2.05) is 12.3 Å². The molecule has 0 radical (unpaired) electrons. The number of aryl methyl sites for hydroxylation is 3. The minimum atomic E-state index is 0. The van der Waals surface area contributed by atoms with Crippen LogP contribution in [0.1, 0.15) is 50.6 Å². The predicted octanol–water partition coefficient (Wildman–Crippen LogP) is 21.3. The average Bonchev–Trinajstić information content (AvgIpc) is 1.59. The first kappa shape index (κ1) is 56.4. The molecule has 0 amide bonds. The standard InChI is InChI=1S/C82H63N6O.Pt/c1-54-45-79(83-52-71(54)59-38-40-61(41-39-59)82(2,3)4)88-73-36-18-17-31-69(73)70-43-42-63(49-74(70)88)89-64-47-60(80-65(55-23-9-5-10-24-55)32-21-33-66(80)56-25-11-6-12-26-56)46-62(48-64)86-53-87(77-51-75-72(50-76(77)86)84-78-37-19-20-44-85(75)78)81-67(57-27-13-7-14-28-57)34-22-35-68(81)58-29-15-8-16-30-58;/h5-18,21-36,38-43,45-47,50-53H,19-20,37,44H2,1-4H3;/q-3;. The van der Waals surface area contributed by atoms with Crippen molar-refractivity contribution in [1.29, 1.82) is 0 Å². The number of aromatic nitrogens is 4. The topological polar surface area (TPSA) is 51.4 Å². The van der Waals surface area contributed by atoms with E-state index in [2.05, 4.69) is 308 Å². The summed E-state index contributed by atoms with van der Waals surface area (Å²) < 4.78 is 12.0. The van der Waals surface area contributed by atoms with E-state index in [0.717, 1.165) is 165 Å². The van der Waals surface area contributed by atoms with Crippen LogP contribution in [0.25, 0.3) is 105 Å². The number of fused-ring (bicyclic) bond motifs is 7. The molecule has 2 aliphatic rings. The monoisotopic (exact) mass is 1340 g/mol. The summed E-state index contributed by atoms with van der Waals surface area (Å²) in [5, 5.41) is 2.16. The summed E-state index contributed by atoms with van der Waals surface area (Å²) in [4.78, 5) is 15.3. The molecule has 90 heavy (non-hydrogen) atoms. The van der Waals surface area contributed by atoms with Crippen LogP contribution in [0.5, 0.6) is 11.5 Å². The van der Waals surface area contributed by atoms with Gasteiger partial charge in [0.2, 0.25) is 0 Å². The predicted molar refractivity (Wildman–Crippen MR) is 367 cm³/mol. The van der Waals surface area contributed by atoms with Gasteiger partial charge in [-0.15, -0.1) is 53.6 Å². The molecule has 8 heteroatoms. The second-order valence-electron chi connectivity index (χ2n) is 24.6. The van der Waals surface area contributed by atoms with Crippen molar-refractivity contribution in [2.75, 3.05) is 9.80 Å². The quantitative estimate of drug-likeness (QED) is 0.121. The maximum absolute atomic E-state index is 7.33. The minimum absolute atomic E-state index is 0. The third-order valence-corrected chi connectivity index (χ3v) is 17.9. The van der Waals surface area contributed by atoms with Crippen LogP contribution in [0.2, 0.25) is 0 Å². The van der Waals surface area contributed by atoms with E-state index in [1.54, 1.807) is 0 Å². The van der Waals surface area contributed by atoms with Crippen LogP contribution >= 0.6 is 0 Å². The second-order valence-corrected chi connectivity index (χ2v) is 24.6. The molecule has 11 aromatic carbocycles. The Morgan fingerprint density at radius 1 is 0.489 bits per heavy atom. The maximum Gasteiger partial charge on any atom is 0.135 e. The van der Waals surface area contributed by atoms with E-state index < -0.39 is 0 Å². The molecule has 2 aliphatic heterocycles. The fourth-order valence-electron chi connectivity index (χ4n) is 13.5. The van der Waals surface area contributed by atoms with Crippen LogP contribution < -0.4 is 14.5 Å². The Morgan fingerprint density at radius 3 is 1.71 bits per heavy atom. The Kier molecular flexibility index (Phi) is 14.5. The molecule has 0 N–H and O–H groups in total. The minimum Gasteiger partial charge on any atom is -0.509 e. The van der Waals surface area contributed by atoms with Crippen molar-refractivity contribution in [3.8, 4) is 84.1 Å². The molecule has 16 rings (SSSR count). The van der Waals surface area contributed by atoms with E-state index in [-0.39, 0.29) is 26.5 Å². The van der Waals surface area contributed by atoms with Gasteiger partial charge in [0.25, 0.3) is 0 Å². The Bertz CT molecular complexity index is 4900. The molecular weight excluding hydrogens is 1280 g/mol. The molecule has 0 saturated carbocycles. The van der Waals surface area contributed by atoms with Crippen molar-refractivity contribution in [2.24, 2.45) is 0 Å². The number of rotatable bonds is 11. The largest absolute Gasteiger partial charge is 0.509 e. The molecule has 7 nitrogen and oxygen atoms in total. The molecule has 0 fully saturated rings. The summed E-state index contributed by atoms with van der Waals surface area (Å²) in [5.74, 6) is 3.03. The first-order valence-corrected chi connectivity index (χ1v) is 30.9. The Hall–Kier alpha value is -10.1. The molecule has 0 atom stereocenters. The molecule has 0 aliphatic carbocycles. The van der Waals surface area contributed by atoms with E-state index in [9.17, 15) is 0 Å². The summed E-state index contributed by atoms with van der Waals surface area (Å²) in [6.07, 6.45) is 5.22. The molecular formula is C82H63N6OPt-3. The third-order valence-electron chi connectivity index (χ3n) is 17.9. The Balaban J connectivity index is 0.00000676. The fraction of sp³-hybridized carbons (Fsp3) is 0.110. The number of ether oxygens (including phenoxy) is 1. The van der Waals surface area contributed by atoms with Gasteiger partial charge in [-0.25, -0.2) is 9.97 Å². The van der Waals surface area contributed by atoms with Crippen molar-refractivity contribution in [3.63, 3.8) is 0 Å². The third kappa shape index (κ3) is 10.1. The van der Waals surface area contributed by atoms with Crippen LogP contribution in [-0.2, 0) is 39.4 Å². The number of hydrogen-bond donors (Lipinski definition) is 0. The molecule has 5 heterocycles. The first-order valence-electron chi connectivity index (χ1n) is 30.9. The summed E-state index contributed by atoms with van der Waals surface area (Å²) in [6, 6.07) is 97.0. The van der Waals surface area contributed by atoms with E-state index in [4.69, 9.17) is 14.7 Å². The molecule has 440 valence electrons. The van der Waals surface area contributed by atoms with Gasteiger partial charge in [-0.1, -0.05) is 226 Å². The number of pyridine rings is 1. The van der Waals surface area contributed by atoms with Crippen molar-refractivity contribution in [2.45, 2.75) is 58.9 Å². The van der Waals surface area contributed by atoms with E-state index in [1.165, 1.54) is 5.56 Å². The van der Waals surface area contributed by atoms with Crippen LogP contribution in [-0.4, -0.2) is 19.1 Å². The normalized spacial score (nSPS) is 13.0. The number of imidazole rings is 1. The second kappa shape index (κ2) is 23.1. The first-order chi connectivity index (χ1) is 43.7. The van der Waals surface area contributed by atoms with Crippen LogP contribution in [0.3, 0.4) is 0 Å². The number of anilines is 4. The van der Waals surface area contributed by atoms with Crippen molar-refractivity contribution in [1.82, 2.24) is 19.1 Å². The van der Waals surface area contributed by atoms with Gasteiger partial charge in [0, 0.05) is 91.0 Å². The van der Waals surface area contributed by atoms with Gasteiger partial charge in [0.15, 0.2) is 0 Å². The van der Waals surface area contributed by atoms with Gasteiger partial charge in [-0.3, -0.25) is 0 Å². The zero-order valence-corrected chi connectivity index (χ0v) is 52.8. The average molecular weight is 1340 g/mol. The van der Waals surface area contributed by atoms with Gasteiger partial charge >= 0.3 is 0 Å². The molecule has 0 saturated heterocycles. The number of hydrogen-bond acceptors (Lipinski definition) is 5. The van der Waals surface area contributed by atoms with Crippen LogP contribution in [0.4, 0.5) is 22.7 Å². The van der Waals surface area contributed by atoms with Crippen molar-refractivity contribution in [3.05, 3.63) is 291 Å². The Labute approximate surface area is 540 Å². The number of nitrogens with zero attached hydrogens (tertiary/aromatic N) is 6. The molecule has 0 spiro atoms. The molecule has 0 unspecified atom stereocenters. The maximum atomic E-state index is 7.33. The zero-order valence-electron chi connectivity index (χ0n) is 50.6. The van der Waals surface area contributed by atoms with Crippen LogP contribution in [0.15, 0.2) is 255 Å². The SMILES string of the molecule is Cc1cc(-n2c3[c-]c(Oc4[c-]c(N5[CH-]N(c6c(-c7ccccc7)cccc6-c6ccccc6)c6cc7c(cc65)nc5n7CCCC5)cc(-c5c(-c6ccccc6)cccc5-c5ccccc5)c4)ccc3c3ccccc32)ncc1-c1ccc(C(C)(C)C)cc1.[Pt]. The van der Waals surface area contributed by atoms with E-state index >= 15 is 0 Å². The zero-order chi connectivity index (χ0) is 59.7. The van der Waals surface area contributed by atoms with Gasteiger partial charge in [0.1, 0.15) is 11.6 Å².